The van der Waals surface area contributed by atoms with E-state index in [-0.39, 0.29) is 18.1 Å². The standard InChI is InChI=1S/C23H29BrClN3O4S/c1-5-12-26-23(30)17(3)27(14-18-7-9-19(24)10-8-18)22(29)15-28(33(4,31)32)20-11-6-16(2)21(25)13-20/h6-11,13,17H,5,12,14-15H2,1-4H3,(H,26,30). The van der Waals surface area contributed by atoms with Gasteiger partial charge in [0.1, 0.15) is 12.6 Å². The molecule has 1 N–H and O–H groups in total. The Morgan fingerprint density at radius 3 is 2.33 bits per heavy atom. The van der Waals surface area contributed by atoms with Crippen molar-refractivity contribution < 1.29 is 18.0 Å². The predicted octanol–water partition coefficient (Wildman–Crippen LogP) is 4.12. The fraction of sp³-hybridized carbons (Fsp3) is 0.391. The minimum atomic E-state index is -3.79. The number of aryl methyl sites for hydroxylation is 1. The number of benzene rings is 2. The molecule has 0 aliphatic carbocycles. The molecule has 0 saturated carbocycles. The SMILES string of the molecule is CCCNC(=O)C(C)N(Cc1ccc(Br)cc1)C(=O)CN(c1ccc(C)c(Cl)c1)S(C)(=O)=O. The summed E-state index contributed by atoms with van der Waals surface area (Å²) < 4.78 is 27.0. The number of halogens is 2. The van der Waals surface area contributed by atoms with Crippen LogP contribution in [0.25, 0.3) is 0 Å². The fourth-order valence-electron chi connectivity index (χ4n) is 3.12. The molecule has 2 amide bonds. The summed E-state index contributed by atoms with van der Waals surface area (Å²) >= 11 is 9.58. The molecule has 10 heteroatoms. The maximum Gasteiger partial charge on any atom is 0.244 e. The van der Waals surface area contributed by atoms with E-state index in [2.05, 4.69) is 21.2 Å². The second kappa shape index (κ2) is 11.9. The van der Waals surface area contributed by atoms with Gasteiger partial charge in [0, 0.05) is 22.6 Å². The van der Waals surface area contributed by atoms with Gasteiger partial charge in [0.15, 0.2) is 0 Å². The van der Waals surface area contributed by atoms with Crippen molar-refractivity contribution in [1.82, 2.24) is 10.2 Å². The summed E-state index contributed by atoms with van der Waals surface area (Å²) in [5, 5.41) is 3.20. The van der Waals surface area contributed by atoms with Crippen LogP contribution in [0, 0.1) is 6.92 Å². The van der Waals surface area contributed by atoms with E-state index in [0.717, 1.165) is 32.6 Å². The quantitative estimate of drug-likeness (QED) is 0.475. The van der Waals surface area contributed by atoms with Gasteiger partial charge in [0.05, 0.1) is 11.9 Å². The molecule has 7 nitrogen and oxygen atoms in total. The van der Waals surface area contributed by atoms with Gasteiger partial charge in [-0.25, -0.2) is 8.42 Å². The first-order valence-corrected chi connectivity index (χ1v) is 13.5. The van der Waals surface area contributed by atoms with Crippen molar-refractivity contribution in [2.45, 2.75) is 39.8 Å². The lowest BCUT2D eigenvalue weighted by Gasteiger charge is -2.31. The normalized spacial score (nSPS) is 12.2. The van der Waals surface area contributed by atoms with E-state index < -0.39 is 28.5 Å². The Balaban J connectivity index is 2.38. The van der Waals surface area contributed by atoms with E-state index in [1.54, 1.807) is 26.0 Å². The van der Waals surface area contributed by atoms with Crippen molar-refractivity contribution in [1.29, 1.82) is 0 Å². The van der Waals surface area contributed by atoms with Gasteiger partial charge in [-0.3, -0.25) is 13.9 Å². The monoisotopic (exact) mass is 557 g/mol. The van der Waals surface area contributed by atoms with Crippen molar-refractivity contribution in [2.24, 2.45) is 0 Å². The summed E-state index contributed by atoms with van der Waals surface area (Å²) in [6.07, 6.45) is 1.79. The van der Waals surface area contributed by atoms with Gasteiger partial charge >= 0.3 is 0 Å². The van der Waals surface area contributed by atoms with Crippen molar-refractivity contribution in [3.05, 3.63) is 63.1 Å². The topological polar surface area (TPSA) is 86.8 Å². The summed E-state index contributed by atoms with van der Waals surface area (Å²) in [6.45, 7) is 5.56. The number of amides is 2. The van der Waals surface area contributed by atoms with Crippen LogP contribution in [0.4, 0.5) is 5.69 Å². The van der Waals surface area contributed by atoms with Gasteiger partial charge in [-0.05, 0) is 55.7 Å². The van der Waals surface area contributed by atoms with Crippen molar-refractivity contribution in [3.63, 3.8) is 0 Å². The van der Waals surface area contributed by atoms with Crippen molar-refractivity contribution in [2.75, 3.05) is 23.7 Å². The van der Waals surface area contributed by atoms with Crippen LogP contribution in [0.3, 0.4) is 0 Å². The van der Waals surface area contributed by atoms with Crippen molar-refractivity contribution >= 4 is 55.1 Å². The highest BCUT2D eigenvalue weighted by Gasteiger charge is 2.30. The minimum Gasteiger partial charge on any atom is -0.354 e. The molecule has 0 saturated heterocycles. The van der Waals surface area contributed by atoms with Gasteiger partial charge in [-0.2, -0.15) is 0 Å². The summed E-state index contributed by atoms with van der Waals surface area (Å²) in [7, 11) is -3.79. The summed E-state index contributed by atoms with van der Waals surface area (Å²) in [5.41, 5.74) is 1.89. The third-order valence-electron chi connectivity index (χ3n) is 5.11. The van der Waals surface area contributed by atoms with Gasteiger partial charge in [-0.15, -0.1) is 0 Å². The number of hydrogen-bond acceptors (Lipinski definition) is 4. The van der Waals surface area contributed by atoms with E-state index in [0.29, 0.717) is 11.6 Å². The number of carbonyl (C=O) groups excluding carboxylic acids is 2. The van der Waals surface area contributed by atoms with Crippen LogP contribution in [-0.2, 0) is 26.2 Å². The highest BCUT2D eigenvalue weighted by atomic mass is 79.9. The van der Waals surface area contributed by atoms with E-state index in [1.165, 1.54) is 11.0 Å². The molecule has 2 aromatic carbocycles. The highest BCUT2D eigenvalue weighted by Crippen LogP contribution is 2.25. The molecule has 2 aromatic rings. The van der Waals surface area contributed by atoms with E-state index in [4.69, 9.17) is 11.6 Å². The molecule has 0 aromatic heterocycles. The number of hydrogen-bond donors (Lipinski definition) is 1. The molecular weight excluding hydrogens is 530 g/mol. The Morgan fingerprint density at radius 1 is 1.15 bits per heavy atom. The zero-order chi connectivity index (χ0) is 24.8. The van der Waals surface area contributed by atoms with Crippen molar-refractivity contribution in [3.8, 4) is 0 Å². The van der Waals surface area contributed by atoms with E-state index in [9.17, 15) is 18.0 Å². The van der Waals surface area contributed by atoms with Crippen LogP contribution in [0.5, 0.6) is 0 Å². The summed E-state index contributed by atoms with van der Waals surface area (Å²) in [6, 6.07) is 11.4. The minimum absolute atomic E-state index is 0.152. The van der Waals surface area contributed by atoms with Gasteiger partial charge in [-0.1, -0.05) is 52.7 Å². The first-order chi connectivity index (χ1) is 15.4. The molecule has 180 valence electrons. The first kappa shape index (κ1) is 27.1. The Morgan fingerprint density at radius 2 is 1.79 bits per heavy atom. The third-order valence-corrected chi connectivity index (χ3v) is 7.18. The molecule has 0 spiro atoms. The number of nitrogens with zero attached hydrogens (tertiary/aromatic N) is 2. The van der Waals surface area contributed by atoms with Crippen LogP contribution in [0.2, 0.25) is 5.02 Å². The van der Waals surface area contributed by atoms with Crippen LogP contribution in [-0.4, -0.2) is 50.5 Å². The lowest BCUT2D eigenvalue weighted by Crippen LogP contribution is -2.51. The van der Waals surface area contributed by atoms with Gasteiger partial charge in [0.25, 0.3) is 0 Å². The second-order valence-corrected chi connectivity index (χ2v) is 11.0. The highest BCUT2D eigenvalue weighted by molar-refractivity contribution is 9.10. The molecule has 0 bridgehead atoms. The predicted molar refractivity (Wildman–Crippen MR) is 136 cm³/mol. The van der Waals surface area contributed by atoms with E-state index >= 15 is 0 Å². The Hall–Kier alpha value is -2.10. The summed E-state index contributed by atoms with van der Waals surface area (Å²) in [4.78, 5) is 27.5. The zero-order valence-corrected chi connectivity index (χ0v) is 22.3. The Bertz CT molecular complexity index is 1090. The van der Waals surface area contributed by atoms with Gasteiger partial charge < -0.3 is 10.2 Å². The fourth-order valence-corrected chi connectivity index (χ4v) is 4.40. The zero-order valence-electron chi connectivity index (χ0n) is 19.1. The average Bonchev–Trinajstić information content (AvgIpc) is 2.76. The molecule has 0 fully saturated rings. The molecule has 33 heavy (non-hydrogen) atoms. The number of rotatable bonds is 10. The number of carbonyl (C=O) groups is 2. The lowest BCUT2D eigenvalue weighted by atomic mass is 10.1. The first-order valence-electron chi connectivity index (χ1n) is 10.5. The lowest BCUT2D eigenvalue weighted by molar-refractivity contribution is -0.139. The molecule has 2 rings (SSSR count). The molecular formula is C23H29BrClN3O4S. The Labute approximate surface area is 209 Å². The van der Waals surface area contributed by atoms with E-state index in [1.807, 2.05) is 31.2 Å². The molecule has 0 aliphatic heterocycles. The maximum absolute atomic E-state index is 13.4. The molecule has 1 unspecified atom stereocenters. The number of sulfonamides is 1. The molecule has 0 radical (unpaired) electrons. The molecule has 1 atom stereocenters. The average molecular weight is 559 g/mol. The second-order valence-electron chi connectivity index (χ2n) is 7.82. The largest absolute Gasteiger partial charge is 0.354 e. The molecule has 0 aliphatic rings. The third kappa shape index (κ3) is 7.72. The smallest absolute Gasteiger partial charge is 0.244 e. The van der Waals surface area contributed by atoms with Gasteiger partial charge in [0.2, 0.25) is 21.8 Å². The van der Waals surface area contributed by atoms with Crippen LogP contribution in [0.1, 0.15) is 31.4 Å². The van der Waals surface area contributed by atoms with Crippen LogP contribution < -0.4 is 9.62 Å². The molecule has 0 heterocycles. The van der Waals surface area contributed by atoms with Crippen LogP contribution >= 0.6 is 27.5 Å². The summed E-state index contributed by atoms with van der Waals surface area (Å²) in [5.74, 6) is -0.800. The number of nitrogens with one attached hydrogen (secondary N) is 1. The van der Waals surface area contributed by atoms with Crippen LogP contribution in [0.15, 0.2) is 46.9 Å². The maximum atomic E-state index is 13.4. The Kier molecular flexibility index (Phi) is 9.75. The number of anilines is 1.